The maximum absolute atomic E-state index is 13.7. The fourth-order valence-electron chi connectivity index (χ4n) is 6.75. The van der Waals surface area contributed by atoms with Crippen molar-refractivity contribution in [3.05, 3.63) is 57.3 Å². The molecule has 10 heteroatoms. The van der Waals surface area contributed by atoms with Gasteiger partial charge in [-0.1, -0.05) is 23.2 Å². The van der Waals surface area contributed by atoms with Crippen molar-refractivity contribution in [1.82, 2.24) is 19.7 Å². The molecule has 0 spiro atoms. The molecule has 8 nitrogen and oxygen atoms in total. The lowest BCUT2D eigenvalue weighted by Crippen LogP contribution is -2.44. The summed E-state index contributed by atoms with van der Waals surface area (Å²) in [7, 11) is 0. The standard InChI is InChI=1S/C31H39Cl2N5O3/c1-20-7-10-34-21(2)29(20)31(41)37-18-24-16-35(17-25(24)19-37)11-4-12-38(26-5-6-27(32)28(33)15-26)30(40)23-8-13-36(14-9-23)22(3)39/h5-7,10,15,23-25H,4,8-9,11-14,16-19H2,1-3H3. The van der Waals surface area contributed by atoms with Crippen molar-refractivity contribution in [2.75, 3.05) is 57.3 Å². The number of aryl methyl sites for hydroxylation is 2. The summed E-state index contributed by atoms with van der Waals surface area (Å²) in [6.45, 7) is 11.6. The quantitative estimate of drug-likeness (QED) is 0.461. The molecule has 0 saturated carbocycles. The lowest BCUT2D eigenvalue weighted by atomic mass is 9.95. The number of likely N-dealkylation sites (tertiary alicyclic amines) is 3. The molecule has 2 aromatic rings. The van der Waals surface area contributed by atoms with Gasteiger partial charge in [0, 0.05) is 70.5 Å². The lowest BCUT2D eigenvalue weighted by molar-refractivity contribution is -0.133. The third kappa shape index (κ3) is 6.55. The van der Waals surface area contributed by atoms with Gasteiger partial charge in [0.15, 0.2) is 0 Å². The molecule has 2 unspecified atom stereocenters. The molecule has 3 amide bonds. The van der Waals surface area contributed by atoms with E-state index in [0.717, 1.165) is 61.7 Å². The van der Waals surface area contributed by atoms with E-state index in [1.54, 1.807) is 25.3 Å². The zero-order valence-corrected chi connectivity index (χ0v) is 25.6. The van der Waals surface area contributed by atoms with E-state index in [2.05, 4.69) is 9.88 Å². The lowest BCUT2D eigenvalue weighted by Gasteiger charge is -2.34. The van der Waals surface area contributed by atoms with Crippen LogP contribution in [-0.2, 0) is 9.59 Å². The Balaban J connectivity index is 1.17. The van der Waals surface area contributed by atoms with E-state index in [1.165, 1.54) is 0 Å². The number of amides is 3. The first-order valence-electron chi connectivity index (χ1n) is 14.6. The highest BCUT2D eigenvalue weighted by Crippen LogP contribution is 2.33. The van der Waals surface area contributed by atoms with Crippen molar-refractivity contribution in [2.24, 2.45) is 17.8 Å². The van der Waals surface area contributed by atoms with E-state index < -0.39 is 0 Å². The molecule has 220 valence electrons. The van der Waals surface area contributed by atoms with Crippen molar-refractivity contribution in [1.29, 1.82) is 0 Å². The van der Waals surface area contributed by atoms with Gasteiger partial charge < -0.3 is 19.6 Å². The molecular weight excluding hydrogens is 561 g/mol. The maximum atomic E-state index is 13.7. The van der Waals surface area contributed by atoms with Crippen LogP contribution in [0.2, 0.25) is 10.0 Å². The van der Waals surface area contributed by atoms with Gasteiger partial charge in [-0.2, -0.15) is 0 Å². The molecule has 41 heavy (non-hydrogen) atoms. The molecule has 0 N–H and O–H groups in total. The van der Waals surface area contributed by atoms with Crippen molar-refractivity contribution in [3.8, 4) is 0 Å². The Labute approximate surface area is 252 Å². The summed E-state index contributed by atoms with van der Waals surface area (Å²) in [6, 6.07) is 7.26. The number of halogens is 2. The zero-order valence-electron chi connectivity index (χ0n) is 24.1. The average molecular weight is 601 g/mol. The molecule has 5 rings (SSSR count). The van der Waals surface area contributed by atoms with Gasteiger partial charge >= 0.3 is 0 Å². The van der Waals surface area contributed by atoms with Gasteiger partial charge in [0.2, 0.25) is 11.8 Å². The van der Waals surface area contributed by atoms with Gasteiger partial charge in [-0.25, -0.2) is 0 Å². The third-order valence-corrected chi connectivity index (χ3v) is 9.78. The Morgan fingerprint density at radius 2 is 1.63 bits per heavy atom. The van der Waals surface area contributed by atoms with Crippen LogP contribution in [0, 0.1) is 31.6 Å². The summed E-state index contributed by atoms with van der Waals surface area (Å²) >= 11 is 12.5. The molecule has 0 aliphatic carbocycles. The number of hydrogen-bond donors (Lipinski definition) is 0. The molecule has 3 saturated heterocycles. The number of aromatic nitrogens is 1. The second kappa shape index (κ2) is 12.7. The first-order chi connectivity index (χ1) is 19.6. The number of benzene rings is 1. The number of anilines is 1. The molecule has 0 radical (unpaired) electrons. The number of carbonyl (C=O) groups is 3. The number of pyridine rings is 1. The molecular formula is C31H39Cl2N5O3. The Morgan fingerprint density at radius 3 is 2.24 bits per heavy atom. The van der Waals surface area contributed by atoms with Crippen LogP contribution in [0.3, 0.4) is 0 Å². The topological polar surface area (TPSA) is 77.1 Å². The van der Waals surface area contributed by atoms with Crippen LogP contribution in [0.4, 0.5) is 5.69 Å². The predicted molar refractivity (Wildman–Crippen MR) is 161 cm³/mol. The van der Waals surface area contributed by atoms with E-state index in [4.69, 9.17) is 23.2 Å². The minimum absolute atomic E-state index is 0.0578. The molecule has 2 atom stereocenters. The minimum Gasteiger partial charge on any atom is -0.343 e. The molecule has 3 aliphatic heterocycles. The molecule has 1 aromatic carbocycles. The summed E-state index contributed by atoms with van der Waals surface area (Å²) in [4.78, 5) is 51.2. The minimum atomic E-state index is -0.123. The van der Waals surface area contributed by atoms with Crippen molar-refractivity contribution in [3.63, 3.8) is 0 Å². The van der Waals surface area contributed by atoms with Gasteiger partial charge in [-0.3, -0.25) is 19.4 Å². The first-order valence-corrected chi connectivity index (χ1v) is 15.3. The van der Waals surface area contributed by atoms with Crippen LogP contribution >= 0.6 is 23.2 Å². The van der Waals surface area contributed by atoms with Crippen molar-refractivity contribution >= 4 is 46.6 Å². The van der Waals surface area contributed by atoms with Gasteiger partial charge in [0.25, 0.3) is 5.91 Å². The maximum Gasteiger partial charge on any atom is 0.255 e. The average Bonchev–Trinajstić information content (AvgIpc) is 3.51. The smallest absolute Gasteiger partial charge is 0.255 e. The number of fused-ring (bicyclic) bond motifs is 1. The second-order valence-corrected chi connectivity index (χ2v) is 12.6. The van der Waals surface area contributed by atoms with Gasteiger partial charge in [0.1, 0.15) is 0 Å². The number of carbonyl (C=O) groups excluding carboxylic acids is 3. The summed E-state index contributed by atoms with van der Waals surface area (Å²) < 4.78 is 0. The highest BCUT2D eigenvalue weighted by molar-refractivity contribution is 6.42. The Hall–Kier alpha value is -2.68. The summed E-state index contributed by atoms with van der Waals surface area (Å²) in [6.07, 6.45) is 3.91. The van der Waals surface area contributed by atoms with Crippen LogP contribution in [0.25, 0.3) is 0 Å². The summed E-state index contributed by atoms with van der Waals surface area (Å²) in [5.74, 6) is 1.05. The van der Waals surface area contributed by atoms with E-state index in [9.17, 15) is 14.4 Å². The predicted octanol–water partition coefficient (Wildman–Crippen LogP) is 4.69. The van der Waals surface area contributed by atoms with Crippen LogP contribution in [0.15, 0.2) is 30.5 Å². The first kappa shape index (κ1) is 29.8. The Kier molecular flexibility index (Phi) is 9.21. The highest BCUT2D eigenvalue weighted by atomic mass is 35.5. The van der Waals surface area contributed by atoms with Crippen molar-refractivity contribution < 1.29 is 14.4 Å². The fourth-order valence-corrected chi connectivity index (χ4v) is 7.04. The monoisotopic (exact) mass is 599 g/mol. The second-order valence-electron chi connectivity index (χ2n) is 11.8. The van der Waals surface area contributed by atoms with Crippen LogP contribution in [0.1, 0.15) is 47.8 Å². The summed E-state index contributed by atoms with van der Waals surface area (Å²) in [5.41, 5.74) is 3.26. The Bertz CT molecular complexity index is 1280. The van der Waals surface area contributed by atoms with Crippen LogP contribution in [0.5, 0.6) is 0 Å². The molecule has 4 heterocycles. The third-order valence-electron chi connectivity index (χ3n) is 9.04. The van der Waals surface area contributed by atoms with Crippen molar-refractivity contribution in [2.45, 2.75) is 40.0 Å². The Morgan fingerprint density at radius 1 is 0.951 bits per heavy atom. The SMILES string of the molecule is CC(=O)N1CCC(C(=O)N(CCCN2CC3CN(C(=O)c4c(C)ccnc4C)CC3C2)c2ccc(Cl)c(Cl)c2)CC1. The highest BCUT2D eigenvalue weighted by Gasteiger charge is 2.42. The van der Waals surface area contributed by atoms with Gasteiger partial charge in [0.05, 0.1) is 21.3 Å². The van der Waals surface area contributed by atoms with Crippen LogP contribution in [-0.4, -0.2) is 89.8 Å². The van der Waals surface area contributed by atoms with Gasteiger partial charge in [-0.15, -0.1) is 0 Å². The van der Waals surface area contributed by atoms with Gasteiger partial charge in [-0.05, 0) is 81.3 Å². The van der Waals surface area contributed by atoms with Crippen LogP contribution < -0.4 is 4.90 Å². The normalized spacial score (nSPS) is 21.3. The van der Waals surface area contributed by atoms with E-state index in [1.807, 2.05) is 40.7 Å². The number of piperidine rings is 1. The zero-order chi connectivity index (χ0) is 29.3. The van der Waals surface area contributed by atoms with E-state index in [-0.39, 0.29) is 23.6 Å². The number of hydrogen-bond acceptors (Lipinski definition) is 5. The number of nitrogens with zero attached hydrogens (tertiary/aromatic N) is 5. The molecule has 1 aromatic heterocycles. The largest absolute Gasteiger partial charge is 0.343 e. The molecule has 3 aliphatic rings. The summed E-state index contributed by atoms with van der Waals surface area (Å²) in [5, 5.41) is 0.888. The molecule has 0 bridgehead atoms. The van der Waals surface area contributed by atoms with E-state index in [0.29, 0.717) is 54.4 Å². The fraction of sp³-hybridized carbons (Fsp3) is 0.548. The van der Waals surface area contributed by atoms with E-state index >= 15 is 0 Å². The number of rotatable bonds is 7. The molecule has 3 fully saturated rings.